The zero-order valence-corrected chi connectivity index (χ0v) is 31.1. The predicted octanol–water partition coefficient (Wildman–Crippen LogP) is 5.89. The molecule has 5 atom stereocenters. The van der Waals surface area contributed by atoms with Crippen molar-refractivity contribution in [3.05, 3.63) is 129 Å². The lowest BCUT2D eigenvalue weighted by atomic mass is 9.79. The molecular weight excluding hydrogens is 679 g/mol. The summed E-state index contributed by atoms with van der Waals surface area (Å²) in [7, 11) is -2.49. The highest BCUT2D eigenvalue weighted by Gasteiger charge is 2.55. The molecule has 0 saturated carbocycles. The molecule has 0 bridgehead atoms. The van der Waals surface area contributed by atoms with E-state index in [4.69, 9.17) is 27.9 Å². The Morgan fingerprint density at radius 3 is 1.86 bits per heavy atom. The third kappa shape index (κ3) is 7.69. The monoisotopic (exact) mass is 723 g/mol. The molecule has 2 N–H and O–H groups in total. The highest BCUT2D eigenvalue weighted by molar-refractivity contribution is 7.32. The van der Waals surface area contributed by atoms with E-state index in [2.05, 4.69) is 38.8 Å². The van der Waals surface area contributed by atoms with E-state index in [1.165, 1.54) is 16.8 Å². The van der Waals surface area contributed by atoms with Gasteiger partial charge in [0.05, 0.1) is 14.2 Å². The van der Waals surface area contributed by atoms with Crippen molar-refractivity contribution in [1.29, 1.82) is 0 Å². The quantitative estimate of drug-likeness (QED) is 0.0973. The van der Waals surface area contributed by atoms with Crippen LogP contribution in [0.4, 0.5) is 0 Å². The van der Waals surface area contributed by atoms with Gasteiger partial charge in [-0.25, -0.2) is 4.79 Å². The van der Waals surface area contributed by atoms with Gasteiger partial charge in [0.1, 0.15) is 42.0 Å². The minimum atomic E-state index is -3.01. The maximum atomic E-state index is 13.3. The Hall–Kier alpha value is -3.94. The lowest BCUT2D eigenvalue weighted by Crippen LogP contribution is -2.52. The summed E-state index contributed by atoms with van der Waals surface area (Å²) in [4.78, 5) is 37.4. The van der Waals surface area contributed by atoms with E-state index in [9.17, 15) is 19.0 Å². The second kappa shape index (κ2) is 15.1. The van der Waals surface area contributed by atoms with Gasteiger partial charge in [-0.1, -0.05) is 75.4 Å². The maximum Gasteiger partial charge on any atom is 0.694 e. The second-order valence-electron chi connectivity index (χ2n) is 13.5. The van der Waals surface area contributed by atoms with Gasteiger partial charge in [0, 0.05) is 16.8 Å². The van der Waals surface area contributed by atoms with Crippen LogP contribution in [-0.4, -0.2) is 61.9 Å². The molecule has 3 aromatic carbocycles. The van der Waals surface area contributed by atoms with E-state index in [1.807, 2.05) is 78.9 Å². The van der Waals surface area contributed by atoms with E-state index in [1.54, 1.807) is 14.2 Å². The largest absolute Gasteiger partial charge is 0.694 e. The molecule has 1 aliphatic heterocycles. The first kappa shape index (κ1) is 37.3. The molecule has 1 aromatic heterocycles. The summed E-state index contributed by atoms with van der Waals surface area (Å²) in [5.74, 6) is 1.29. The van der Waals surface area contributed by atoms with Crippen molar-refractivity contribution in [2.45, 2.75) is 69.0 Å². The molecule has 12 nitrogen and oxygen atoms in total. The van der Waals surface area contributed by atoms with Crippen LogP contribution < -0.4 is 20.7 Å². The highest BCUT2D eigenvalue weighted by atomic mass is 31.1. The molecule has 1 fully saturated rings. The van der Waals surface area contributed by atoms with Crippen molar-refractivity contribution in [2.75, 3.05) is 20.8 Å². The maximum absolute atomic E-state index is 13.3. The average molecular weight is 724 g/mol. The fourth-order valence-corrected chi connectivity index (χ4v) is 7.41. The fraction of sp³-hybridized carbons (Fsp3) is 0.389. The summed E-state index contributed by atoms with van der Waals surface area (Å²) >= 11 is 0. The van der Waals surface area contributed by atoms with E-state index in [0.29, 0.717) is 11.5 Å². The summed E-state index contributed by atoms with van der Waals surface area (Å²) in [6, 6.07) is 25.9. The van der Waals surface area contributed by atoms with E-state index in [0.717, 1.165) is 16.7 Å². The molecule has 2 heterocycles. The van der Waals surface area contributed by atoms with Crippen LogP contribution in [0.25, 0.3) is 0 Å². The van der Waals surface area contributed by atoms with Crippen molar-refractivity contribution < 1.29 is 37.4 Å². The molecular formula is C36H44N2O10PSi+. The van der Waals surface area contributed by atoms with Crippen molar-refractivity contribution in [3.8, 4) is 11.5 Å². The molecule has 0 aliphatic carbocycles. The average Bonchev–Trinajstić information content (AvgIpc) is 3.41. The van der Waals surface area contributed by atoms with Gasteiger partial charge in [-0.05, 0) is 59.1 Å². The molecule has 0 radical (unpaired) electrons. The molecule has 1 unspecified atom stereocenters. The van der Waals surface area contributed by atoms with Gasteiger partial charge >= 0.3 is 13.9 Å². The van der Waals surface area contributed by atoms with Crippen LogP contribution in [0.1, 0.15) is 43.7 Å². The van der Waals surface area contributed by atoms with E-state index >= 15 is 0 Å². The van der Waals surface area contributed by atoms with Crippen LogP contribution >= 0.6 is 8.25 Å². The SMILES string of the molecule is COc1ccc(C(O[C@H]2[C@@H](O[Si](C)(C)C(C)(C)C)[C@H](n3ccc(=O)[nH]c3=O)O[C@@H]2CO[P+](=O)O)(c2ccccc2)c2ccc(OC)cc2)cc1. The third-order valence-corrected chi connectivity index (χ3v) is 14.3. The van der Waals surface area contributed by atoms with Crippen molar-refractivity contribution in [2.24, 2.45) is 0 Å². The van der Waals surface area contributed by atoms with Crippen molar-refractivity contribution in [3.63, 3.8) is 0 Å². The first-order valence-electron chi connectivity index (χ1n) is 16.2. The standard InChI is InChI=1S/C36H43N2O10PSi/c1-35(2,3)50(6,7)48-32-31(29(23-45-49(41)42)46-33(32)38-22-21-30(39)37-34(38)40)47-36(24-11-9-8-10-12-24,25-13-17-27(43-4)18-14-25)26-15-19-28(44-5)20-16-26/h8-22,29,31-33H,23H2,1-7H3,(H-,37,39,40,41,42)/p+1/t29-,31-,32-,33-/m1/s1. The topological polar surface area (TPSA) is 148 Å². The molecule has 1 saturated heterocycles. The predicted molar refractivity (Wildman–Crippen MR) is 190 cm³/mol. The minimum Gasteiger partial charge on any atom is -0.497 e. The smallest absolute Gasteiger partial charge is 0.497 e. The number of methoxy groups -OCH3 is 2. The normalized spacial score (nSPS) is 20.0. The third-order valence-electron chi connectivity index (χ3n) is 9.48. The lowest BCUT2D eigenvalue weighted by Gasteiger charge is -2.43. The highest BCUT2D eigenvalue weighted by Crippen LogP contribution is 2.48. The van der Waals surface area contributed by atoms with E-state index < -0.39 is 58.0 Å². The van der Waals surface area contributed by atoms with Crippen LogP contribution in [-0.2, 0) is 28.6 Å². The molecule has 0 spiro atoms. The first-order valence-corrected chi connectivity index (χ1v) is 20.2. The van der Waals surface area contributed by atoms with Crippen molar-refractivity contribution in [1.82, 2.24) is 9.55 Å². The Kier molecular flexibility index (Phi) is 11.3. The number of nitrogens with one attached hydrogen (secondary N) is 1. The second-order valence-corrected chi connectivity index (χ2v) is 19.0. The van der Waals surface area contributed by atoms with Crippen LogP contribution in [0.15, 0.2) is 101 Å². The molecule has 5 rings (SSSR count). The van der Waals surface area contributed by atoms with Gasteiger partial charge in [0.15, 0.2) is 14.5 Å². The number of H-pyrrole nitrogens is 1. The Morgan fingerprint density at radius 1 is 0.840 bits per heavy atom. The zero-order chi connectivity index (χ0) is 36.3. The molecule has 0 amide bonds. The molecule has 4 aromatic rings. The number of aromatic amines is 1. The van der Waals surface area contributed by atoms with Gasteiger partial charge in [0.25, 0.3) is 5.56 Å². The molecule has 50 heavy (non-hydrogen) atoms. The summed E-state index contributed by atoms with van der Waals surface area (Å²) in [6.07, 6.45) is -2.74. The number of hydrogen-bond donors (Lipinski definition) is 2. The molecule has 14 heteroatoms. The van der Waals surface area contributed by atoms with Gasteiger partial charge in [-0.3, -0.25) is 14.3 Å². The number of nitrogens with zero attached hydrogens (tertiary/aromatic N) is 1. The van der Waals surface area contributed by atoms with Crippen LogP contribution in [0.5, 0.6) is 11.5 Å². The number of aromatic nitrogens is 2. The number of rotatable bonds is 13. The fourth-order valence-electron chi connectivity index (χ4n) is 5.85. The number of hydrogen-bond acceptors (Lipinski definition) is 9. The van der Waals surface area contributed by atoms with Crippen molar-refractivity contribution >= 4 is 16.6 Å². The Labute approximate surface area is 293 Å². The number of ether oxygens (including phenoxy) is 4. The van der Waals surface area contributed by atoms with Crippen LogP contribution in [0, 0.1) is 0 Å². The molecule has 266 valence electrons. The minimum absolute atomic E-state index is 0.274. The first-order chi connectivity index (χ1) is 23.7. The lowest BCUT2D eigenvalue weighted by molar-refractivity contribution is -0.108. The van der Waals surface area contributed by atoms with Crippen LogP contribution in [0.3, 0.4) is 0 Å². The van der Waals surface area contributed by atoms with Gasteiger partial charge in [0.2, 0.25) is 0 Å². The Balaban J connectivity index is 1.79. The van der Waals surface area contributed by atoms with Crippen LogP contribution in [0.2, 0.25) is 18.1 Å². The van der Waals surface area contributed by atoms with Gasteiger partial charge in [-0.2, -0.15) is 0 Å². The van der Waals surface area contributed by atoms with Gasteiger partial charge < -0.3 is 23.4 Å². The summed E-state index contributed by atoms with van der Waals surface area (Å²) in [5, 5.41) is -0.274. The summed E-state index contributed by atoms with van der Waals surface area (Å²) < 4.78 is 50.5. The Morgan fingerprint density at radius 2 is 1.38 bits per heavy atom. The summed E-state index contributed by atoms with van der Waals surface area (Å²) in [6.45, 7) is 10.0. The zero-order valence-electron chi connectivity index (χ0n) is 29.2. The van der Waals surface area contributed by atoms with Gasteiger partial charge in [-0.15, -0.1) is 9.42 Å². The Bertz CT molecular complexity index is 1830. The van der Waals surface area contributed by atoms with E-state index in [-0.39, 0.29) is 11.6 Å². The molecule has 1 aliphatic rings. The summed E-state index contributed by atoms with van der Waals surface area (Å²) in [5.41, 5.74) is -0.388. The number of benzene rings is 3.